The quantitative estimate of drug-likeness (QED) is 0.735. The van der Waals surface area contributed by atoms with Crippen LogP contribution in [0.4, 0.5) is 0 Å². The van der Waals surface area contributed by atoms with Gasteiger partial charge in [0.1, 0.15) is 6.54 Å². The molecule has 1 aromatic heterocycles. The summed E-state index contributed by atoms with van der Waals surface area (Å²) in [7, 11) is 0. The number of imide groups is 1. The molecule has 1 aromatic carbocycles. The van der Waals surface area contributed by atoms with Gasteiger partial charge in [0.05, 0.1) is 11.1 Å². The fraction of sp³-hybridized carbons (Fsp3) is 0.500. The van der Waals surface area contributed by atoms with E-state index in [0.29, 0.717) is 22.9 Å². The van der Waals surface area contributed by atoms with E-state index in [1.54, 1.807) is 24.3 Å². The molecule has 0 bridgehead atoms. The maximum atomic E-state index is 12.4. The lowest BCUT2D eigenvalue weighted by molar-refractivity contribution is -0.123. The van der Waals surface area contributed by atoms with Crippen molar-refractivity contribution in [2.45, 2.75) is 51.6 Å². The fourth-order valence-electron chi connectivity index (χ4n) is 4.01. The molecule has 1 saturated carbocycles. The first-order valence-electron chi connectivity index (χ1n) is 10.0. The maximum Gasteiger partial charge on any atom is 0.261 e. The van der Waals surface area contributed by atoms with Crippen molar-refractivity contribution < 1.29 is 14.4 Å². The number of hydrogen-bond acceptors (Lipinski definition) is 6. The van der Waals surface area contributed by atoms with E-state index in [1.165, 1.54) is 16.1 Å². The van der Waals surface area contributed by atoms with Crippen molar-refractivity contribution in [3.63, 3.8) is 0 Å². The van der Waals surface area contributed by atoms with Crippen molar-refractivity contribution in [2.24, 2.45) is 5.92 Å². The summed E-state index contributed by atoms with van der Waals surface area (Å²) < 4.78 is 0. The number of nitrogens with one attached hydrogen (secondary N) is 1. The molecule has 2 aromatic rings. The SMILES string of the molecule is C[C@H]1CCCC[C@H]1NC(=O)Cn1nnc(CCN2C(=O)c3ccccc3C2=O)n1. The lowest BCUT2D eigenvalue weighted by Gasteiger charge is -2.29. The van der Waals surface area contributed by atoms with Gasteiger partial charge >= 0.3 is 0 Å². The van der Waals surface area contributed by atoms with Gasteiger partial charge in [-0.2, -0.15) is 4.80 Å². The minimum absolute atomic E-state index is 0.00321. The third-order valence-corrected chi connectivity index (χ3v) is 5.67. The van der Waals surface area contributed by atoms with Crippen LogP contribution in [0.1, 0.15) is 59.1 Å². The van der Waals surface area contributed by atoms with Crippen LogP contribution in [0.15, 0.2) is 24.3 Å². The van der Waals surface area contributed by atoms with Gasteiger partial charge in [-0.05, 0) is 36.1 Å². The van der Waals surface area contributed by atoms with Crippen molar-refractivity contribution in [3.8, 4) is 0 Å². The average molecular weight is 396 g/mol. The smallest absolute Gasteiger partial charge is 0.261 e. The molecular formula is C20H24N6O3. The van der Waals surface area contributed by atoms with E-state index >= 15 is 0 Å². The highest BCUT2D eigenvalue weighted by Gasteiger charge is 2.34. The van der Waals surface area contributed by atoms with Crippen LogP contribution in [0.5, 0.6) is 0 Å². The molecule has 0 spiro atoms. The van der Waals surface area contributed by atoms with Crippen molar-refractivity contribution in [3.05, 3.63) is 41.2 Å². The van der Waals surface area contributed by atoms with Crippen molar-refractivity contribution >= 4 is 17.7 Å². The number of carbonyl (C=O) groups excluding carboxylic acids is 3. The van der Waals surface area contributed by atoms with Gasteiger partial charge in [-0.25, -0.2) is 0 Å². The Kier molecular flexibility index (Phi) is 5.37. The Morgan fingerprint density at radius 3 is 2.52 bits per heavy atom. The topological polar surface area (TPSA) is 110 Å². The van der Waals surface area contributed by atoms with Gasteiger partial charge in [0.25, 0.3) is 11.8 Å². The Labute approximate surface area is 168 Å². The lowest BCUT2D eigenvalue weighted by Crippen LogP contribution is -2.42. The number of carbonyl (C=O) groups is 3. The van der Waals surface area contributed by atoms with Crippen molar-refractivity contribution in [1.82, 2.24) is 30.4 Å². The molecule has 1 fully saturated rings. The van der Waals surface area contributed by atoms with Crippen LogP contribution in [0.3, 0.4) is 0 Å². The minimum atomic E-state index is -0.307. The maximum absolute atomic E-state index is 12.4. The van der Waals surface area contributed by atoms with Crippen molar-refractivity contribution in [2.75, 3.05) is 6.54 Å². The Morgan fingerprint density at radius 1 is 1.14 bits per heavy atom. The first kappa shape index (κ1) is 19.2. The number of benzene rings is 1. The number of fused-ring (bicyclic) bond motifs is 1. The highest BCUT2D eigenvalue weighted by Crippen LogP contribution is 2.24. The summed E-state index contributed by atoms with van der Waals surface area (Å²) >= 11 is 0. The van der Waals surface area contributed by atoms with Gasteiger partial charge in [-0.15, -0.1) is 10.2 Å². The van der Waals surface area contributed by atoms with Gasteiger partial charge in [-0.1, -0.05) is 31.9 Å². The van der Waals surface area contributed by atoms with Gasteiger partial charge in [0, 0.05) is 19.0 Å². The summed E-state index contributed by atoms with van der Waals surface area (Å²) in [5.74, 6) is 0.123. The fourth-order valence-corrected chi connectivity index (χ4v) is 4.01. The summed E-state index contributed by atoms with van der Waals surface area (Å²) in [5.41, 5.74) is 0.838. The van der Waals surface area contributed by atoms with Crippen LogP contribution in [-0.4, -0.2) is 55.4 Å². The molecule has 3 amide bonds. The summed E-state index contributed by atoms with van der Waals surface area (Å²) in [6.07, 6.45) is 4.78. The van der Waals surface area contributed by atoms with Crippen LogP contribution in [-0.2, 0) is 17.8 Å². The molecule has 0 radical (unpaired) electrons. The number of hydrogen-bond donors (Lipinski definition) is 1. The average Bonchev–Trinajstić information content (AvgIpc) is 3.25. The third-order valence-electron chi connectivity index (χ3n) is 5.67. The number of nitrogens with zero attached hydrogens (tertiary/aromatic N) is 5. The molecule has 0 unspecified atom stereocenters. The molecule has 9 nitrogen and oxygen atoms in total. The molecule has 29 heavy (non-hydrogen) atoms. The van der Waals surface area contributed by atoms with E-state index < -0.39 is 0 Å². The van der Waals surface area contributed by atoms with Gasteiger partial charge in [0.15, 0.2) is 5.82 Å². The molecule has 9 heteroatoms. The zero-order valence-electron chi connectivity index (χ0n) is 16.4. The number of tetrazole rings is 1. The van der Waals surface area contributed by atoms with Crippen LogP contribution in [0.2, 0.25) is 0 Å². The molecular weight excluding hydrogens is 372 g/mol. The second-order valence-corrected chi connectivity index (χ2v) is 7.73. The highest BCUT2D eigenvalue weighted by molar-refractivity contribution is 6.21. The number of amides is 3. The summed E-state index contributed by atoms with van der Waals surface area (Å²) in [6, 6.07) is 6.97. The monoisotopic (exact) mass is 396 g/mol. The molecule has 2 heterocycles. The van der Waals surface area contributed by atoms with Crippen molar-refractivity contribution in [1.29, 1.82) is 0 Å². The summed E-state index contributed by atoms with van der Waals surface area (Å²) in [4.78, 5) is 39.5. The standard InChI is InChI=1S/C20H24N6O3/c1-13-6-2-5-9-16(13)21-18(27)12-26-23-17(22-24-26)10-11-25-19(28)14-7-3-4-8-15(14)20(25)29/h3-4,7-8,13,16H,2,5-6,9-12H2,1H3,(H,21,27)/t13-,16+/m0/s1. The Bertz CT molecular complexity index is 905. The van der Waals surface area contributed by atoms with Crippen LogP contribution < -0.4 is 5.32 Å². The normalized spacial score (nSPS) is 21.3. The molecule has 152 valence electrons. The molecule has 2 atom stereocenters. The predicted molar refractivity (Wildman–Crippen MR) is 103 cm³/mol. The van der Waals surface area contributed by atoms with Gasteiger partial charge in [-0.3, -0.25) is 19.3 Å². The Hall–Kier alpha value is -3.10. The van der Waals surface area contributed by atoms with Crippen LogP contribution >= 0.6 is 0 Å². The van der Waals surface area contributed by atoms with Gasteiger partial charge in [0.2, 0.25) is 5.91 Å². The van der Waals surface area contributed by atoms with E-state index in [0.717, 1.165) is 19.3 Å². The molecule has 2 aliphatic rings. The van der Waals surface area contributed by atoms with Gasteiger partial charge < -0.3 is 5.32 Å². The third kappa shape index (κ3) is 4.03. The largest absolute Gasteiger partial charge is 0.351 e. The second kappa shape index (κ2) is 8.10. The zero-order chi connectivity index (χ0) is 20.4. The lowest BCUT2D eigenvalue weighted by atomic mass is 9.86. The second-order valence-electron chi connectivity index (χ2n) is 7.73. The van der Waals surface area contributed by atoms with E-state index in [1.807, 2.05) is 0 Å². The molecule has 1 N–H and O–H groups in total. The van der Waals surface area contributed by atoms with Crippen LogP contribution in [0.25, 0.3) is 0 Å². The van der Waals surface area contributed by atoms with E-state index in [9.17, 15) is 14.4 Å². The highest BCUT2D eigenvalue weighted by atomic mass is 16.2. The van der Waals surface area contributed by atoms with E-state index in [-0.39, 0.29) is 43.3 Å². The predicted octanol–water partition coefficient (Wildman–Crippen LogP) is 1.21. The zero-order valence-corrected chi connectivity index (χ0v) is 16.4. The molecule has 1 aliphatic carbocycles. The summed E-state index contributed by atoms with van der Waals surface area (Å²) in [5, 5.41) is 15.1. The first-order valence-corrected chi connectivity index (χ1v) is 10.0. The van der Waals surface area contributed by atoms with E-state index in [4.69, 9.17) is 0 Å². The summed E-state index contributed by atoms with van der Waals surface area (Å²) in [6.45, 7) is 2.34. The molecule has 0 saturated heterocycles. The van der Waals surface area contributed by atoms with E-state index in [2.05, 4.69) is 27.7 Å². The minimum Gasteiger partial charge on any atom is -0.351 e. The Morgan fingerprint density at radius 2 is 1.83 bits per heavy atom. The molecule has 4 rings (SSSR count). The van der Waals surface area contributed by atoms with Crippen LogP contribution in [0, 0.1) is 5.92 Å². The number of rotatable bonds is 6. The molecule has 1 aliphatic heterocycles. The number of aromatic nitrogens is 4. The Balaban J connectivity index is 1.30. The first-order chi connectivity index (χ1) is 14.0.